The lowest BCUT2D eigenvalue weighted by atomic mass is 10.0. The first-order valence-corrected chi connectivity index (χ1v) is 10.1. The number of carboxylic acids is 1. The number of amides is 2. The van der Waals surface area contributed by atoms with Crippen LogP contribution in [0.4, 0.5) is 10.5 Å². The van der Waals surface area contributed by atoms with E-state index in [1.165, 1.54) is 29.2 Å². The Morgan fingerprint density at radius 3 is 2.44 bits per heavy atom. The summed E-state index contributed by atoms with van der Waals surface area (Å²) in [5.74, 6) is -1.82. The highest BCUT2D eigenvalue weighted by Crippen LogP contribution is 2.20. The number of carbonyl (C=O) groups excluding carboxylic acids is 2. The minimum absolute atomic E-state index is 0.0513. The molecule has 0 unspecified atom stereocenters. The molecule has 0 saturated carbocycles. The number of rotatable bonds is 8. The van der Waals surface area contributed by atoms with E-state index in [2.05, 4.69) is 5.32 Å². The van der Waals surface area contributed by atoms with Gasteiger partial charge in [0.15, 0.2) is 0 Å². The number of benzene rings is 2. The number of hydrogen-bond acceptors (Lipinski definition) is 6. The van der Waals surface area contributed by atoms with E-state index in [1.54, 1.807) is 0 Å². The molecular formula is C22H23N3O7. The van der Waals surface area contributed by atoms with E-state index >= 15 is 0 Å². The summed E-state index contributed by atoms with van der Waals surface area (Å²) in [5.41, 5.74) is 1.23. The standard InChI is InChI=1S/C22H23N3O7/c26-20(23-18(21(27)28)13-15-8-10-17(11-9-15)25(30)31)19-7-4-12-24(19)22(29)32-14-16-5-2-1-3-6-16/h1-3,5-6,8-11,18-19H,4,7,12-14H2,(H,23,26)(H,27,28)/t18-,19+/m0/s1. The van der Waals surface area contributed by atoms with Gasteiger partial charge in [0.05, 0.1) is 4.92 Å². The van der Waals surface area contributed by atoms with E-state index in [0.29, 0.717) is 24.9 Å². The van der Waals surface area contributed by atoms with Gasteiger partial charge in [-0.05, 0) is 24.0 Å². The maximum atomic E-state index is 12.8. The van der Waals surface area contributed by atoms with Crippen molar-refractivity contribution in [3.63, 3.8) is 0 Å². The van der Waals surface area contributed by atoms with Gasteiger partial charge in [-0.2, -0.15) is 0 Å². The second kappa shape index (κ2) is 10.4. The topological polar surface area (TPSA) is 139 Å². The van der Waals surface area contributed by atoms with Crippen molar-refractivity contribution in [1.29, 1.82) is 0 Å². The van der Waals surface area contributed by atoms with Gasteiger partial charge in [-0.1, -0.05) is 42.5 Å². The minimum atomic E-state index is -1.24. The van der Waals surface area contributed by atoms with Crippen molar-refractivity contribution in [3.05, 3.63) is 75.8 Å². The van der Waals surface area contributed by atoms with E-state index < -0.39 is 35.0 Å². The predicted molar refractivity (Wildman–Crippen MR) is 113 cm³/mol. The Balaban J connectivity index is 1.60. The van der Waals surface area contributed by atoms with E-state index in [-0.39, 0.29) is 18.7 Å². The smallest absolute Gasteiger partial charge is 0.410 e. The summed E-state index contributed by atoms with van der Waals surface area (Å²) in [6, 6.07) is 12.5. The Kier molecular flexibility index (Phi) is 7.37. The van der Waals surface area contributed by atoms with Crippen molar-refractivity contribution in [1.82, 2.24) is 10.2 Å². The highest BCUT2D eigenvalue weighted by atomic mass is 16.6. The van der Waals surface area contributed by atoms with Gasteiger partial charge in [0.2, 0.25) is 5.91 Å². The van der Waals surface area contributed by atoms with Crippen molar-refractivity contribution in [2.45, 2.75) is 38.0 Å². The molecule has 2 amide bonds. The minimum Gasteiger partial charge on any atom is -0.480 e. The zero-order chi connectivity index (χ0) is 23.1. The molecule has 2 aromatic rings. The highest BCUT2D eigenvalue weighted by molar-refractivity contribution is 5.89. The summed E-state index contributed by atoms with van der Waals surface area (Å²) in [4.78, 5) is 48.4. The molecule has 0 radical (unpaired) electrons. The number of carboxylic acid groups (broad SMARTS) is 1. The number of hydrogen-bond donors (Lipinski definition) is 2. The summed E-state index contributed by atoms with van der Waals surface area (Å²) in [7, 11) is 0. The van der Waals surface area contributed by atoms with Crippen LogP contribution in [0.1, 0.15) is 24.0 Å². The maximum absolute atomic E-state index is 12.8. The molecule has 0 aliphatic carbocycles. The largest absolute Gasteiger partial charge is 0.480 e. The van der Waals surface area contributed by atoms with E-state index in [9.17, 15) is 29.6 Å². The Hall–Kier alpha value is -3.95. The molecular weight excluding hydrogens is 418 g/mol. The molecule has 1 heterocycles. The Morgan fingerprint density at radius 1 is 1.12 bits per heavy atom. The number of nitrogens with one attached hydrogen (secondary N) is 1. The number of likely N-dealkylation sites (tertiary alicyclic amines) is 1. The molecule has 10 heteroatoms. The van der Waals surface area contributed by atoms with Gasteiger partial charge < -0.3 is 15.2 Å². The zero-order valence-electron chi connectivity index (χ0n) is 17.2. The quantitative estimate of drug-likeness (QED) is 0.474. The number of ether oxygens (including phenoxy) is 1. The average molecular weight is 441 g/mol. The average Bonchev–Trinajstić information content (AvgIpc) is 3.28. The van der Waals surface area contributed by atoms with Crippen LogP contribution in [-0.2, 0) is 27.4 Å². The third kappa shape index (κ3) is 5.81. The first-order chi connectivity index (χ1) is 15.3. The lowest BCUT2D eigenvalue weighted by molar-refractivity contribution is -0.384. The molecule has 2 N–H and O–H groups in total. The van der Waals surface area contributed by atoms with Crippen LogP contribution >= 0.6 is 0 Å². The van der Waals surface area contributed by atoms with Crippen LogP contribution < -0.4 is 5.32 Å². The van der Waals surface area contributed by atoms with Gasteiger partial charge in [0.25, 0.3) is 5.69 Å². The van der Waals surface area contributed by atoms with Crippen LogP contribution in [0.15, 0.2) is 54.6 Å². The molecule has 3 rings (SSSR count). The number of nitro groups is 1. The Labute approximate surface area is 183 Å². The van der Waals surface area contributed by atoms with E-state index in [4.69, 9.17) is 4.74 Å². The van der Waals surface area contributed by atoms with Crippen LogP contribution in [0.3, 0.4) is 0 Å². The maximum Gasteiger partial charge on any atom is 0.410 e. The number of nitro benzene ring substituents is 1. The molecule has 1 saturated heterocycles. The first kappa shape index (κ1) is 22.7. The van der Waals surface area contributed by atoms with Crippen molar-refractivity contribution in [3.8, 4) is 0 Å². The second-order valence-corrected chi connectivity index (χ2v) is 7.42. The molecule has 10 nitrogen and oxygen atoms in total. The summed E-state index contributed by atoms with van der Waals surface area (Å²) in [6.07, 6.45) is 0.313. The fraction of sp³-hybridized carbons (Fsp3) is 0.318. The van der Waals surface area contributed by atoms with E-state index in [0.717, 1.165) is 5.56 Å². The van der Waals surface area contributed by atoms with E-state index in [1.807, 2.05) is 30.3 Å². The molecule has 2 atom stereocenters. The van der Waals surface area contributed by atoms with Crippen molar-refractivity contribution >= 4 is 23.7 Å². The third-order valence-electron chi connectivity index (χ3n) is 5.20. The molecule has 0 spiro atoms. The molecule has 0 aromatic heterocycles. The molecule has 1 aliphatic rings. The third-order valence-corrected chi connectivity index (χ3v) is 5.20. The predicted octanol–water partition coefficient (Wildman–Crippen LogP) is 2.51. The summed E-state index contributed by atoms with van der Waals surface area (Å²) < 4.78 is 5.31. The molecule has 32 heavy (non-hydrogen) atoms. The van der Waals surface area contributed by atoms with Crippen LogP contribution in [0.25, 0.3) is 0 Å². The van der Waals surface area contributed by atoms with Gasteiger partial charge in [0, 0.05) is 25.1 Å². The Bertz CT molecular complexity index is 979. The van der Waals surface area contributed by atoms with Crippen LogP contribution in [-0.4, -0.2) is 51.5 Å². The molecule has 2 aromatic carbocycles. The van der Waals surface area contributed by atoms with Crippen LogP contribution in [0, 0.1) is 10.1 Å². The fourth-order valence-corrected chi connectivity index (χ4v) is 3.52. The monoisotopic (exact) mass is 441 g/mol. The molecule has 1 fully saturated rings. The van der Waals surface area contributed by atoms with Crippen molar-refractivity contribution < 1.29 is 29.2 Å². The first-order valence-electron chi connectivity index (χ1n) is 10.1. The van der Waals surface area contributed by atoms with Crippen molar-refractivity contribution in [2.24, 2.45) is 0 Å². The van der Waals surface area contributed by atoms with Crippen molar-refractivity contribution in [2.75, 3.05) is 6.54 Å². The van der Waals surface area contributed by atoms with Gasteiger partial charge in [-0.3, -0.25) is 19.8 Å². The van der Waals surface area contributed by atoms with Crippen LogP contribution in [0.5, 0.6) is 0 Å². The Morgan fingerprint density at radius 2 is 1.81 bits per heavy atom. The number of non-ortho nitro benzene ring substituents is 1. The normalized spacial score (nSPS) is 16.2. The summed E-state index contributed by atoms with van der Waals surface area (Å²) in [5, 5.41) is 22.8. The lowest BCUT2D eigenvalue weighted by Crippen LogP contribution is -2.51. The van der Waals surface area contributed by atoms with Gasteiger partial charge in [-0.25, -0.2) is 9.59 Å². The molecule has 1 aliphatic heterocycles. The fourth-order valence-electron chi connectivity index (χ4n) is 3.52. The molecule has 0 bridgehead atoms. The summed E-state index contributed by atoms with van der Waals surface area (Å²) >= 11 is 0. The number of aliphatic carboxylic acids is 1. The second-order valence-electron chi connectivity index (χ2n) is 7.42. The number of carbonyl (C=O) groups is 3. The lowest BCUT2D eigenvalue weighted by Gasteiger charge is -2.25. The highest BCUT2D eigenvalue weighted by Gasteiger charge is 2.36. The van der Waals surface area contributed by atoms with Gasteiger partial charge in [0.1, 0.15) is 18.7 Å². The number of nitrogens with zero attached hydrogens (tertiary/aromatic N) is 2. The summed E-state index contributed by atoms with van der Waals surface area (Å²) in [6.45, 7) is 0.411. The SMILES string of the molecule is O=C(O)[C@H](Cc1ccc([N+](=O)[O-])cc1)NC(=O)[C@H]1CCCN1C(=O)OCc1ccccc1. The van der Waals surface area contributed by atoms with Crippen LogP contribution in [0.2, 0.25) is 0 Å². The molecule has 168 valence electrons. The van der Waals surface area contributed by atoms with Gasteiger partial charge in [-0.15, -0.1) is 0 Å². The zero-order valence-corrected chi connectivity index (χ0v) is 17.2. The van der Waals surface area contributed by atoms with Gasteiger partial charge >= 0.3 is 12.1 Å².